The summed E-state index contributed by atoms with van der Waals surface area (Å²) >= 11 is 0. The minimum absolute atomic E-state index is 0.0232. The van der Waals surface area contributed by atoms with Gasteiger partial charge in [-0.3, -0.25) is 0 Å². The molecule has 0 saturated heterocycles. The molecule has 1 aliphatic carbocycles. The van der Waals surface area contributed by atoms with Crippen molar-refractivity contribution in [2.45, 2.75) is 40.2 Å². The number of ether oxygens (including phenoxy) is 2. The minimum atomic E-state index is -0.925. The molecule has 40 heavy (non-hydrogen) atoms. The van der Waals surface area contributed by atoms with Crippen LogP contribution in [-0.2, 0) is 17.8 Å². The van der Waals surface area contributed by atoms with Gasteiger partial charge in [-0.1, -0.05) is 69.3 Å². The van der Waals surface area contributed by atoms with Gasteiger partial charge in [0.05, 0.1) is 29.4 Å². The number of para-hydroxylation sites is 2. The normalized spacial score (nSPS) is 16.0. The second kappa shape index (κ2) is 11.0. The zero-order valence-electron chi connectivity index (χ0n) is 23.2. The Hall–Kier alpha value is -4.45. The van der Waals surface area contributed by atoms with Crippen molar-refractivity contribution in [1.82, 2.24) is 4.98 Å². The fraction of sp³-hybridized carbons (Fsp3) is 0.265. The molecule has 4 aromatic rings. The number of nitrogens with zero attached hydrogens (tertiary/aromatic N) is 1. The smallest absolute Gasteiger partial charge is 0.337 e. The number of carbonyl (C=O) groups is 2. The molecule has 1 atom stereocenters. The Kier molecular flexibility index (Phi) is 7.44. The largest absolute Gasteiger partial charge is 0.488 e. The van der Waals surface area contributed by atoms with E-state index < -0.39 is 5.97 Å². The second-order valence-electron chi connectivity index (χ2n) is 11.3. The van der Waals surface area contributed by atoms with Gasteiger partial charge in [0.2, 0.25) is 0 Å². The molecular formula is C34H33NO5. The molecule has 0 radical (unpaired) electrons. The third-order valence-electron chi connectivity index (χ3n) is 7.67. The first-order valence-electron chi connectivity index (χ1n) is 13.4. The number of fused-ring (bicyclic) bond motifs is 2. The van der Waals surface area contributed by atoms with E-state index in [-0.39, 0.29) is 17.3 Å². The second-order valence-corrected chi connectivity index (χ2v) is 11.3. The molecule has 0 spiro atoms. The van der Waals surface area contributed by atoms with Gasteiger partial charge < -0.3 is 14.6 Å². The van der Waals surface area contributed by atoms with Crippen LogP contribution in [0.3, 0.4) is 0 Å². The number of allylic oxidation sites excluding steroid dienone is 1. The van der Waals surface area contributed by atoms with E-state index in [0.29, 0.717) is 40.8 Å². The molecular weight excluding hydrogens is 502 g/mol. The molecule has 0 fully saturated rings. The number of hydrogen-bond donors (Lipinski definition) is 1. The van der Waals surface area contributed by atoms with Crippen LogP contribution in [0.15, 0.2) is 72.8 Å². The lowest BCUT2D eigenvalue weighted by atomic mass is 9.69. The molecule has 0 saturated carbocycles. The average Bonchev–Trinajstić information content (AvgIpc) is 2.94. The Morgan fingerprint density at radius 2 is 1.68 bits per heavy atom. The van der Waals surface area contributed by atoms with Crippen molar-refractivity contribution in [2.75, 3.05) is 7.11 Å². The van der Waals surface area contributed by atoms with Crippen LogP contribution in [0, 0.1) is 11.3 Å². The number of esters is 1. The lowest BCUT2D eigenvalue weighted by Crippen LogP contribution is -2.28. The topological polar surface area (TPSA) is 85.7 Å². The van der Waals surface area contributed by atoms with Crippen molar-refractivity contribution in [3.63, 3.8) is 0 Å². The molecule has 0 unspecified atom stereocenters. The highest BCUT2D eigenvalue weighted by Gasteiger charge is 2.35. The summed E-state index contributed by atoms with van der Waals surface area (Å²) in [6, 6.07) is 22.4. The van der Waals surface area contributed by atoms with Crippen LogP contribution in [0.5, 0.6) is 5.75 Å². The van der Waals surface area contributed by atoms with Gasteiger partial charge in [0.1, 0.15) is 12.4 Å². The van der Waals surface area contributed by atoms with E-state index in [0.717, 1.165) is 34.4 Å². The third-order valence-corrected chi connectivity index (χ3v) is 7.67. The number of aromatic carboxylic acids is 1. The molecule has 6 heteroatoms. The number of benzene rings is 3. The monoisotopic (exact) mass is 535 g/mol. The molecule has 6 nitrogen and oxygen atoms in total. The maximum atomic E-state index is 12.6. The van der Waals surface area contributed by atoms with Crippen LogP contribution in [0.2, 0.25) is 0 Å². The molecule has 204 valence electrons. The fourth-order valence-corrected chi connectivity index (χ4v) is 5.32. The van der Waals surface area contributed by atoms with Gasteiger partial charge in [-0.15, -0.1) is 0 Å². The summed E-state index contributed by atoms with van der Waals surface area (Å²) in [6.07, 6.45) is 3.54. The number of hydrogen-bond acceptors (Lipinski definition) is 5. The van der Waals surface area contributed by atoms with Gasteiger partial charge in [0.15, 0.2) is 0 Å². The van der Waals surface area contributed by atoms with Crippen molar-refractivity contribution >= 4 is 34.5 Å². The van der Waals surface area contributed by atoms with Gasteiger partial charge in [0.25, 0.3) is 0 Å². The van der Waals surface area contributed by atoms with Crippen LogP contribution in [0.4, 0.5) is 0 Å². The molecule has 0 amide bonds. The average molecular weight is 536 g/mol. The van der Waals surface area contributed by atoms with Gasteiger partial charge in [-0.25, -0.2) is 14.6 Å². The maximum absolute atomic E-state index is 12.6. The van der Waals surface area contributed by atoms with E-state index in [1.54, 1.807) is 12.1 Å². The van der Waals surface area contributed by atoms with E-state index in [1.807, 2.05) is 60.7 Å². The summed E-state index contributed by atoms with van der Waals surface area (Å²) in [6.45, 7) is 6.95. The highest BCUT2D eigenvalue weighted by atomic mass is 16.5. The van der Waals surface area contributed by atoms with Gasteiger partial charge in [0, 0.05) is 10.9 Å². The van der Waals surface area contributed by atoms with Crippen LogP contribution >= 0.6 is 0 Å². The van der Waals surface area contributed by atoms with Crippen LogP contribution in [0.25, 0.3) is 22.6 Å². The molecule has 5 rings (SSSR count). The third kappa shape index (κ3) is 5.48. The van der Waals surface area contributed by atoms with Crippen LogP contribution in [0.1, 0.15) is 70.3 Å². The van der Waals surface area contributed by atoms with Crippen molar-refractivity contribution in [1.29, 1.82) is 0 Å². The molecule has 3 aromatic carbocycles. The lowest BCUT2D eigenvalue weighted by molar-refractivity contribution is 0.0599. The Balaban J connectivity index is 1.55. The molecule has 1 aromatic heterocycles. The van der Waals surface area contributed by atoms with Crippen LogP contribution < -0.4 is 4.74 Å². The highest BCUT2D eigenvalue weighted by molar-refractivity contribution is 6.06. The van der Waals surface area contributed by atoms with E-state index in [9.17, 15) is 14.7 Å². The molecule has 1 heterocycles. The molecule has 1 N–H and O–H groups in total. The Bertz CT molecular complexity index is 1610. The predicted octanol–water partition coefficient (Wildman–Crippen LogP) is 7.45. The Labute approximate surface area is 234 Å². The molecule has 1 aliphatic rings. The SMILES string of the molecule is COC(=O)c1ccc(COc2ccccc2/C=C2/C[C@H](C(C)(C)C)Cc3c2nc2ccccc2c3C(=O)O)cc1. The standard InChI is InChI=1S/C34H33NO5/c1-34(2,3)25-18-24(31-27(19-25)30(32(36)37)26-10-6-7-11-28(26)35-31)17-23-9-5-8-12-29(23)40-20-21-13-15-22(16-14-21)33(38)39-4/h5-17,25H,18-20H2,1-4H3,(H,36,37)/b24-17-/t25-/m0/s1. The first-order chi connectivity index (χ1) is 19.2. The summed E-state index contributed by atoms with van der Waals surface area (Å²) in [7, 11) is 1.36. The van der Waals surface area contributed by atoms with Gasteiger partial charge in [-0.2, -0.15) is 0 Å². The lowest BCUT2D eigenvalue weighted by Gasteiger charge is -2.36. The summed E-state index contributed by atoms with van der Waals surface area (Å²) in [4.78, 5) is 29.3. The summed E-state index contributed by atoms with van der Waals surface area (Å²) in [5, 5.41) is 11.0. The first-order valence-corrected chi connectivity index (χ1v) is 13.4. The van der Waals surface area contributed by atoms with Crippen molar-refractivity contribution < 1.29 is 24.2 Å². The first kappa shape index (κ1) is 27.1. The van der Waals surface area contributed by atoms with E-state index >= 15 is 0 Å². The summed E-state index contributed by atoms with van der Waals surface area (Å²) in [5.74, 6) is -0.344. The molecule has 0 aliphatic heterocycles. The summed E-state index contributed by atoms with van der Waals surface area (Å²) < 4.78 is 11.0. The maximum Gasteiger partial charge on any atom is 0.337 e. The molecule has 0 bridgehead atoms. The van der Waals surface area contributed by atoms with Crippen molar-refractivity contribution in [3.05, 3.63) is 106 Å². The quantitative estimate of drug-likeness (QED) is 0.258. The minimum Gasteiger partial charge on any atom is -0.488 e. The zero-order valence-corrected chi connectivity index (χ0v) is 23.2. The zero-order chi connectivity index (χ0) is 28.4. The summed E-state index contributed by atoms with van der Waals surface area (Å²) in [5.41, 5.74) is 5.87. The number of methoxy groups -OCH3 is 1. The number of pyridine rings is 1. The van der Waals surface area contributed by atoms with Gasteiger partial charge >= 0.3 is 11.9 Å². The van der Waals surface area contributed by atoms with E-state index in [4.69, 9.17) is 14.5 Å². The van der Waals surface area contributed by atoms with Gasteiger partial charge in [-0.05, 0) is 71.2 Å². The fourth-order valence-electron chi connectivity index (χ4n) is 5.32. The Morgan fingerprint density at radius 1 is 0.975 bits per heavy atom. The highest BCUT2D eigenvalue weighted by Crippen LogP contribution is 2.45. The predicted molar refractivity (Wildman–Crippen MR) is 156 cm³/mol. The Morgan fingerprint density at radius 3 is 2.38 bits per heavy atom. The number of rotatable bonds is 6. The van der Waals surface area contributed by atoms with Crippen molar-refractivity contribution in [3.8, 4) is 5.75 Å². The number of carboxylic acid groups (broad SMARTS) is 1. The van der Waals surface area contributed by atoms with E-state index in [1.165, 1.54) is 7.11 Å². The number of carboxylic acids is 1. The number of aromatic nitrogens is 1. The number of carbonyl (C=O) groups excluding carboxylic acids is 1. The van der Waals surface area contributed by atoms with Crippen molar-refractivity contribution in [2.24, 2.45) is 11.3 Å². The van der Waals surface area contributed by atoms with E-state index in [2.05, 4.69) is 26.8 Å². The van der Waals surface area contributed by atoms with Crippen LogP contribution in [-0.4, -0.2) is 29.1 Å².